The lowest BCUT2D eigenvalue weighted by atomic mass is 9.85. The van der Waals surface area contributed by atoms with Crippen LogP contribution in [0.4, 0.5) is 0 Å². The van der Waals surface area contributed by atoms with Gasteiger partial charge in [0.1, 0.15) is 28.9 Å². The zero-order valence-corrected chi connectivity index (χ0v) is 65.0. The molecular formula is C72H112N10O26S2. The zero-order chi connectivity index (χ0) is 80.2. The number of thioether (sulfide) groups is 1. The molecule has 1 aromatic carbocycles. The molecular weight excluding hydrogens is 1480 g/mol. The van der Waals surface area contributed by atoms with Crippen molar-refractivity contribution in [2.45, 2.75) is 144 Å². The number of likely N-dealkylation sites (tertiary alicyclic amines) is 1. The zero-order valence-electron chi connectivity index (χ0n) is 63.4. The van der Waals surface area contributed by atoms with Gasteiger partial charge in [-0.25, -0.2) is 0 Å². The maximum Gasteiger partial charge on any atom is 0.304 e. The number of aliphatic hydroxyl groups excluding tert-OH is 3. The van der Waals surface area contributed by atoms with E-state index < -0.39 is 200 Å². The van der Waals surface area contributed by atoms with Gasteiger partial charge < -0.3 is 115 Å². The van der Waals surface area contributed by atoms with E-state index in [1.54, 1.807) is 49.6 Å². The number of aliphatic carboxylic acids is 1. The summed E-state index contributed by atoms with van der Waals surface area (Å²) in [6, 6.07) is -3.67. The number of methoxy groups -OCH3 is 1. The van der Waals surface area contributed by atoms with Crippen LogP contribution >= 0.6 is 11.8 Å². The van der Waals surface area contributed by atoms with Crippen LogP contribution in [-0.4, -0.2) is 316 Å². The number of carboxylic acid groups (broad SMARTS) is 1. The number of carbonyl (C=O) groups is 12. The van der Waals surface area contributed by atoms with Crippen molar-refractivity contribution in [3.63, 3.8) is 0 Å². The van der Waals surface area contributed by atoms with E-state index in [0.717, 1.165) is 4.90 Å². The first-order chi connectivity index (χ1) is 52.7. The third-order valence-electron chi connectivity index (χ3n) is 19.4. The van der Waals surface area contributed by atoms with Gasteiger partial charge in [0.05, 0.1) is 192 Å². The number of benzene rings is 1. The Kier molecular flexibility index (Phi) is 40.4. The lowest BCUT2D eigenvalue weighted by molar-refractivity contribution is -0.144. The van der Waals surface area contributed by atoms with Gasteiger partial charge in [0.15, 0.2) is 11.6 Å². The van der Waals surface area contributed by atoms with Gasteiger partial charge in [-0.05, 0) is 42.9 Å². The molecule has 110 heavy (non-hydrogen) atoms. The van der Waals surface area contributed by atoms with Gasteiger partial charge in [-0.15, -0.1) is 0 Å². The minimum atomic E-state index is -2.43. The molecule has 1 aromatic heterocycles. The fraction of sp³-hybridized carbons (Fsp3) is 0.722. The average Bonchev–Trinajstić information content (AvgIpc) is 1.61. The van der Waals surface area contributed by atoms with Crippen LogP contribution in [0.2, 0.25) is 0 Å². The molecule has 6 rings (SSSR count). The van der Waals surface area contributed by atoms with E-state index in [-0.39, 0.29) is 72.6 Å². The standard InChI is InChI=1S/C72H112N10O26S2/c1-6-43(2)51-34-47(84)37-75-67(94)46-32-52-50-7-8-59(100-5)53(41-109-49-9-13-81(14-10-49)62(90)11-15-101-17-19-103-21-23-105-25-27-107-29-30-108-28-26-106-24-22-104-20-18-102-16-12-74-66(93)44(3)31-63(91)92)65(50)80-71(52)110(99)42-55(77-61(89)38-76-68(51)95)69(96)78-54(36-60(73)88)72(98)82-39-48(85)35-56(82)70(97)79-64(57(86)33-46)45(4)58(87)40-83/h7-8,43-46,48-49,51,54-56,58,64,80,83,85,87H,6,9-42H2,1-5H3,(H2,73,88)(H,74,93)(H,75,94)(H,76,95)(H,77,89)(H,78,96)(H,79,97)(H,91,92)/t43-,44?,45-,46+,48+,51-,54-,55-,56-,58-,64-,110?/m0/s1. The SMILES string of the molecule is CC[C@H](C)[C@@H]1CC(=O)CNC(=O)[C@H]2CC(=O)[C@H]([C@@H](C)[C@@H](O)CO)NC(=O)[C@@H]3C[C@@H](O)CN3C(=O)[C@H](CC(N)=O)NC(=O)[C@H](CS(=O)c3[nH]c4c(CSC5CCN(C(=O)CCOCCOCCOCCOCCOCCOCCOCCOCCNC(=O)C(C)CC(=O)O)CC5)c(OC)ccc4c3C2)NC(=O)CNC1=O. The average molecular weight is 1600 g/mol. The number of ether oxygens (including phenoxy) is 9. The smallest absolute Gasteiger partial charge is 0.304 e. The summed E-state index contributed by atoms with van der Waals surface area (Å²) in [7, 11) is -0.970. The molecule has 0 saturated carbocycles. The number of primary amides is 1. The Morgan fingerprint density at radius 1 is 0.736 bits per heavy atom. The van der Waals surface area contributed by atoms with Gasteiger partial charge in [0.25, 0.3) is 0 Å². The number of ketones is 2. The molecule has 36 nitrogen and oxygen atoms in total. The molecule has 2 fully saturated rings. The van der Waals surface area contributed by atoms with E-state index in [4.69, 9.17) is 53.5 Å². The van der Waals surface area contributed by atoms with Crippen molar-refractivity contribution >= 4 is 104 Å². The number of piperidine rings is 1. The van der Waals surface area contributed by atoms with Crippen molar-refractivity contribution in [2.24, 2.45) is 35.3 Å². The quantitative estimate of drug-likeness (QED) is 0.0307. The van der Waals surface area contributed by atoms with Crippen molar-refractivity contribution < 1.29 is 125 Å². The molecule has 13 N–H and O–H groups in total. The molecule has 2 saturated heterocycles. The van der Waals surface area contributed by atoms with Gasteiger partial charge in [0.2, 0.25) is 53.2 Å². The number of nitrogens with zero attached hydrogens (tertiary/aromatic N) is 2. The minimum absolute atomic E-state index is 0.0317. The van der Waals surface area contributed by atoms with E-state index in [0.29, 0.717) is 140 Å². The van der Waals surface area contributed by atoms with Crippen molar-refractivity contribution in [3.8, 4) is 5.75 Å². The molecule has 2 bridgehead atoms. The Bertz CT molecular complexity index is 3400. The van der Waals surface area contributed by atoms with E-state index in [1.165, 1.54) is 14.0 Å². The summed E-state index contributed by atoms with van der Waals surface area (Å²) in [5.41, 5.74) is 6.77. The molecule has 12 atom stereocenters. The number of aromatic amines is 1. The third-order valence-corrected chi connectivity index (χ3v) is 22.3. The van der Waals surface area contributed by atoms with Gasteiger partial charge in [-0.2, -0.15) is 11.8 Å². The molecule has 2 unspecified atom stereocenters. The van der Waals surface area contributed by atoms with Gasteiger partial charge in [0, 0.05) is 91.1 Å². The summed E-state index contributed by atoms with van der Waals surface area (Å²) < 4.78 is 65.7. The molecule has 4 aliphatic rings. The van der Waals surface area contributed by atoms with Crippen LogP contribution in [0.25, 0.3) is 10.9 Å². The van der Waals surface area contributed by atoms with Crippen molar-refractivity contribution in [3.05, 3.63) is 23.3 Å². The Hall–Kier alpha value is -7.34. The van der Waals surface area contributed by atoms with Crippen LogP contribution in [0, 0.1) is 29.6 Å². The summed E-state index contributed by atoms with van der Waals surface area (Å²) in [4.78, 5) is 170. The third kappa shape index (κ3) is 30.0. The topological polar surface area (TPSA) is 506 Å². The Labute approximate surface area is 645 Å². The normalized spacial score (nSPS) is 22.9. The number of nitrogens with one attached hydrogen (secondary N) is 7. The highest BCUT2D eigenvalue weighted by Gasteiger charge is 2.45. The maximum absolute atomic E-state index is 15.5. The summed E-state index contributed by atoms with van der Waals surface area (Å²) in [6.07, 6.45) is -4.26. The van der Waals surface area contributed by atoms with E-state index in [9.17, 15) is 68.1 Å². The highest BCUT2D eigenvalue weighted by atomic mass is 32.2. The summed E-state index contributed by atoms with van der Waals surface area (Å²) in [6.45, 7) is 10.3. The number of hydrogen-bond donors (Lipinski definition) is 12. The fourth-order valence-corrected chi connectivity index (χ4v) is 15.5. The second-order valence-electron chi connectivity index (χ2n) is 27.5. The lowest BCUT2D eigenvalue weighted by Gasteiger charge is -2.32. The highest BCUT2D eigenvalue weighted by Crippen LogP contribution is 2.39. The van der Waals surface area contributed by atoms with Crippen LogP contribution in [0.3, 0.4) is 0 Å². The molecule has 0 radical (unpaired) electrons. The maximum atomic E-state index is 15.5. The van der Waals surface area contributed by atoms with E-state index in [1.807, 2.05) is 0 Å². The first-order valence-electron chi connectivity index (χ1n) is 37.4. The van der Waals surface area contributed by atoms with Gasteiger partial charge in [-0.1, -0.05) is 34.1 Å². The van der Waals surface area contributed by atoms with Crippen molar-refractivity contribution in [1.29, 1.82) is 0 Å². The number of carbonyl (C=O) groups excluding carboxylic acids is 11. The number of amides is 9. The number of nitrogens with two attached hydrogens (primary N) is 1. The van der Waals surface area contributed by atoms with E-state index >= 15 is 9.00 Å². The summed E-state index contributed by atoms with van der Waals surface area (Å²) >= 11 is 1.58. The first-order valence-corrected chi connectivity index (χ1v) is 39.8. The first kappa shape index (κ1) is 91.5. The van der Waals surface area contributed by atoms with Gasteiger partial charge in [-0.3, -0.25) is 61.7 Å². The highest BCUT2D eigenvalue weighted by molar-refractivity contribution is 7.99. The van der Waals surface area contributed by atoms with E-state index in [2.05, 4.69) is 36.9 Å². The molecule has 0 aliphatic carbocycles. The second kappa shape index (κ2) is 48.5. The predicted molar refractivity (Wildman–Crippen MR) is 396 cm³/mol. The van der Waals surface area contributed by atoms with Gasteiger partial charge >= 0.3 is 5.97 Å². The predicted octanol–water partition coefficient (Wildman–Crippen LogP) is -2.46. The van der Waals surface area contributed by atoms with Crippen molar-refractivity contribution in [2.75, 3.05) is 164 Å². The molecule has 0 spiro atoms. The second-order valence-corrected chi connectivity index (χ2v) is 30.3. The molecule has 2 aromatic rings. The molecule has 618 valence electrons. The van der Waals surface area contributed by atoms with Crippen molar-refractivity contribution in [1.82, 2.24) is 46.7 Å². The number of Topliss-reactive ketones (excluding diaryl/α,β-unsaturated/α-hetero) is 2. The fourth-order valence-electron chi connectivity index (χ4n) is 12.9. The van der Waals surface area contributed by atoms with Crippen LogP contribution in [-0.2, 0) is 118 Å². The number of hydrogen-bond acceptors (Lipinski definition) is 26. The molecule has 4 aliphatic heterocycles. The summed E-state index contributed by atoms with van der Waals surface area (Å²) in [5, 5.41) is 56.6. The van der Waals surface area contributed by atoms with Crippen LogP contribution in [0.1, 0.15) is 96.6 Å². The Morgan fingerprint density at radius 3 is 1.88 bits per heavy atom. The largest absolute Gasteiger partial charge is 0.496 e. The number of aromatic nitrogens is 1. The number of carboxylic acids is 1. The van der Waals surface area contributed by atoms with Crippen LogP contribution in [0.15, 0.2) is 17.2 Å². The number of rotatable bonds is 41. The summed E-state index contributed by atoms with van der Waals surface area (Å²) in [5.74, 6) is -14.7. The minimum Gasteiger partial charge on any atom is -0.496 e. The monoisotopic (exact) mass is 1600 g/mol. The Balaban J connectivity index is 1.04. The van der Waals surface area contributed by atoms with Crippen LogP contribution in [0.5, 0.6) is 5.75 Å². The molecule has 38 heteroatoms. The number of aliphatic hydroxyl groups is 3. The van der Waals surface area contributed by atoms with Crippen LogP contribution < -0.4 is 42.4 Å². The Morgan fingerprint density at radius 2 is 1.32 bits per heavy atom. The molecule has 5 heterocycles. The number of fused-ring (bicyclic) bond motifs is 5. The lowest BCUT2D eigenvalue weighted by Crippen LogP contribution is -2.60. The molecule has 9 amide bonds. The number of H-pyrrole nitrogens is 1.